The standard InChI is InChI=1S/C24H37N3O6/c1-7-32-22(30)19(13-16(2)3)27-21(29)18(14-17-11-9-8-10-12-17)26-20(28)15-25-23(31)33-24(4,5)6/h8-12,16,18-19H,7,13-15H2,1-6H3,(H,25,31)(H,26,28)(H,27,29)/t18-,19+/m1/s1. The average Bonchev–Trinajstić information content (AvgIpc) is 2.70. The molecule has 0 saturated carbocycles. The minimum Gasteiger partial charge on any atom is -0.464 e. The summed E-state index contributed by atoms with van der Waals surface area (Å²) >= 11 is 0. The molecule has 0 heterocycles. The second-order valence-corrected chi connectivity index (χ2v) is 9.11. The molecule has 0 aliphatic carbocycles. The number of nitrogens with one attached hydrogen (secondary N) is 3. The molecule has 0 aliphatic rings. The van der Waals surface area contributed by atoms with E-state index in [2.05, 4.69) is 16.0 Å². The van der Waals surface area contributed by atoms with Crippen LogP contribution in [0.2, 0.25) is 0 Å². The van der Waals surface area contributed by atoms with Gasteiger partial charge in [0.05, 0.1) is 6.61 Å². The summed E-state index contributed by atoms with van der Waals surface area (Å²) in [5, 5.41) is 7.72. The fourth-order valence-electron chi connectivity index (χ4n) is 2.97. The molecule has 33 heavy (non-hydrogen) atoms. The summed E-state index contributed by atoms with van der Waals surface area (Å²) in [4.78, 5) is 49.7. The third-order valence-corrected chi connectivity index (χ3v) is 4.32. The van der Waals surface area contributed by atoms with Crippen LogP contribution in [0.5, 0.6) is 0 Å². The summed E-state index contributed by atoms with van der Waals surface area (Å²) in [5.74, 6) is -1.45. The Morgan fingerprint density at radius 2 is 1.61 bits per heavy atom. The zero-order valence-corrected chi connectivity index (χ0v) is 20.4. The van der Waals surface area contributed by atoms with Crippen LogP contribution in [0.15, 0.2) is 30.3 Å². The van der Waals surface area contributed by atoms with Gasteiger partial charge in [0.2, 0.25) is 11.8 Å². The van der Waals surface area contributed by atoms with Crippen molar-refractivity contribution in [2.24, 2.45) is 5.92 Å². The van der Waals surface area contributed by atoms with Gasteiger partial charge in [-0.3, -0.25) is 9.59 Å². The Bertz CT molecular complexity index is 789. The van der Waals surface area contributed by atoms with Gasteiger partial charge in [-0.2, -0.15) is 0 Å². The van der Waals surface area contributed by atoms with E-state index in [9.17, 15) is 19.2 Å². The molecular weight excluding hydrogens is 426 g/mol. The van der Waals surface area contributed by atoms with Crippen LogP contribution in [0.1, 0.15) is 53.5 Å². The number of amides is 3. The highest BCUT2D eigenvalue weighted by Gasteiger charge is 2.28. The Morgan fingerprint density at radius 1 is 0.970 bits per heavy atom. The maximum absolute atomic E-state index is 13.1. The highest BCUT2D eigenvalue weighted by atomic mass is 16.6. The molecule has 3 N–H and O–H groups in total. The Kier molecular flexibility index (Phi) is 11.4. The number of alkyl carbamates (subject to hydrolysis) is 1. The van der Waals surface area contributed by atoms with Crippen molar-refractivity contribution in [2.75, 3.05) is 13.2 Å². The van der Waals surface area contributed by atoms with Gasteiger partial charge in [0, 0.05) is 6.42 Å². The van der Waals surface area contributed by atoms with Crippen molar-refractivity contribution in [3.8, 4) is 0 Å². The van der Waals surface area contributed by atoms with Gasteiger partial charge in [-0.1, -0.05) is 44.2 Å². The van der Waals surface area contributed by atoms with Crippen molar-refractivity contribution in [1.82, 2.24) is 16.0 Å². The first kappa shape index (κ1) is 27.9. The fourth-order valence-corrected chi connectivity index (χ4v) is 2.97. The lowest BCUT2D eigenvalue weighted by molar-refractivity contribution is -0.148. The molecule has 9 heteroatoms. The summed E-state index contributed by atoms with van der Waals surface area (Å²) < 4.78 is 10.2. The minimum atomic E-state index is -0.954. The summed E-state index contributed by atoms with van der Waals surface area (Å²) in [7, 11) is 0. The fraction of sp³-hybridized carbons (Fsp3) is 0.583. The van der Waals surface area contributed by atoms with Crippen LogP contribution in [-0.2, 0) is 30.3 Å². The minimum absolute atomic E-state index is 0.139. The van der Waals surface area contributed by atoms with Crippen molar-refractivity contribution >= 4 is 23.9 Å². The van der Waals surface area contributed by atoms with Crippen molar-refractivity contribution in [1.29, 1.82) is 0 Å². The number of carbonyl (C=O) groups excluding carboxylic acids is 4. The number of esters is 1. The maximum Gasteiger partial charge on any atom is 0.408 e. The Balaban J connectivity index is 2.89. The first-order chi connectivity index (χ1) is 15.4. The zero-order chi connectivity index (χ0) is 25.0. The van der Waals surface area contributed by atoms with Gasteiger partial charge in [-0.05, 0) is 45.6 Å². The predicted molar refractivity (Wildman–Crippen MR) is 124 cm³/mol. The third-order valence-electron chi connectivity index (χ3n) is 4.32. The first-order valence-corrected chi connectivity index (χ1v) is 11.2. The number of hydrogen-bond donors (Lipinski definition) is 3. The Hall–Kier alpha value is -3.10. The molecule has 1 rings (SSSR count). The maximum atomic E-state index is 13.1. The molecule has 1 aromatic rings. The molecule has 0 radical (unpaired) electrons. The molecule has 9 nitrogen and oxygen atoms in total. The number of hydrogen-bond acceptors (Lipinski definition) is 6. The highest BCUT2D eigenvalue weighted by Crippen LogP contribution is 2.09. The van der Waals surface area contributed by atoms with E-state index in [1.807, 2.05) is 44.2 Å². The lowest BCUT2D eigenvalue weighted by Gasteiger charge is -2.24. The third kappa shape index (κ3) is 11.9. The number of benzene rings is 1. The zero-order valence-electron chi connectivity index (χ0n) is 20.4. The van der Waals surface area contributed by atoms with Crippen molar-refractivity contribution in [3.05, 3.63) is 35.9 Å². The highest BCUT2D eigenvalue weighted by molar-refractivity contribution is 5.92. The van der Waals surface area contributed by atoms with E-state index in [1.54, 1.807) is 27.7 Å². The molecule has 0 fully saturated rings. The smallest absolute Gasteiger partial charge is 0.408 e. The van der Waals surface area contributed by atoms with Gasteiger partial charge >= 0.3 is 12.1 Å². The van der Waals surface area contributed by atoms with Crippen molar-refractivity contribution < 1.29 is 28.7 Å². The van der Waals surface area contributed by atoms with E-state index in [1.165, 1.54) is 0 Å². The molecule has 0 aromatic heterocycles. The number of rotatable bonds is 11. The van der Waals surface area contributed by atoms with Crippen molar-refractivity contribution in [2.45, 2.75) is 72.1 Å². The second-order valence-electron chi connectivity index (χ2n) is 9.11. The average molecular weight is 464 g/mol. The van der Waals surface area contributed by atoms with Gasteiger partial charge in [-0.25, -0.2) is 9.59 Å². The number of ether oxygens (including phenoxy) is 2. The molecule has 2 atom stereocenters. The second kappa shape index (κ2) is 13.4. The molecule has 0 spiro atoms. The monoisotopic (exact) mass is 463 g/mol. The van der Waals surface area contributed by atoms with Crippen molar-refractivity contribution in [3.63, 3.8) is 0 Å². The van der Waals surface area contributed by atoms with Gasteiger partial charge in [0.15, 0.2) is 0 Å². The first-order valence-electron chi connectivity index (χ1n) is 11.2. The van der Waals surface area contributed by atoms with Gasteiger partial charge in [0.1, 0.15) is 24.2 Å². The molecule has 1 aromatic carbocycles. The van der Waals surface area contributed by atoms with Gasteiger partial charge < -0.3 is 25.4 Å². The van der Waals surface area contributed by atoms with Crippen LogP contribution in [-0.4, -0.2) is 54.7 Å². The van der Waals surface area contributed by atoms with Crippen LogP contribution >= 0.6 is 0 Å². The lowest BCUT2D eigenvalue weighted by Crippen LogP contribution is -2.54. The van der Waals surface area contributed by atoms with E-state index in [0.717, 1.165) is 5.56 Å². The summed E-state index contributed by atoms with van der Waals surface area (Å²) in [5.41, 5.74) is 0.129. The Labute approximate surface area is 196 Å². The lowest BCUT2D eigenvalue weighted by atomic mass is 10.0. The molecular formula is C24H37N3O6. The predicted octanol–water partition coefficient (Wildman–Crippen LogP) is 2.33. The Morgan fingerprint density at radius 3 is 2.15 bits per heavy atom. The summed E-state index contributed by atoms with van der Waals surface area (Å²) in [6.45, 7) is 10.5. The van der Waals surface area contributed by atoms with E-state index >= 15 is 0 Å². The molecule has 0 saturated heterocycles. The summed E-state index contributed by atoms with van der Waals surface area (Å²) in [6, 6.07) is 7.40. The van der Waals surface area contributed by atoms with Gasteiger partial charge in [0.25, 0.3) is 0 Å². The molecule has 0 aliphatic heterocycles. The van der Waals surface area contributed by atoms with Crippen LogP contribution in [0.3, 0.4) is 0 Å². The molecule has 3 amide bonds. The van der Waals surface area contributed by atoms with E-state index in [0.29, 0.717) is 6.42 Å². The van der Waals surface area contributed by atoms with E-state index in [-0.39, 0.29) is 25.5 Å². The van der Waals surface area contributed by atoms with Crippen LogP contribution in [0, 0.1) is 5.92 Å². The van der Waals surface area contributed by atoms with Crippen LogP contribution < -0.4 is 16.0 Å². The van der Waals surface area contributed by atoms with Crippen LogP contribution in [0.4, 0.5) is 4.79 Å². The van der Waals surface area contributed by atoms with Gasteiger partial charge in [-0.15, -0.1) is 0 Å². The molecule has 184 valence electrons. The molecule has 0 unspecified atom stereocenters. The van der Waals surface area contributed by atoms with Crippen LogP contribution in [0.25, 0.3) is 0 Å². The summed E-state index contributed by atoms with van der Waals surface area (Å²) in [6.07, 6.45) is -0.125. The van der Waals surface area contributed by atoms with E-state index in [4.69, 9.17) is 9.47 Å². The molecule has 0 bridgehead atoms. The normalized spacial score (nSPS) is 12.9. The largest absolute Gasteiger partial charge is 0.464 e. The van der Waals surface area contributed by atoms with E-state index < -0.39 is 41.6 Å². The quantitative estimate of drug-likeness (QED) is 0.433. The topological polar surface area (TPSA) is 123 Å². The SMILES string of the molecule is CCOC(=O)[C@H](CC(C)C)NC(=O)[C@@H](Cc1ccccc1)NC(=O)CNC(=O)OC(C)(C)C. The number of carbonyl (C=O) groups is 4.